The van der Waals surface area contributed by atoms with E-state index in [1.54, 1.807) is 0 Å². The second-order valence-electron chi connectivity index (χ2n) is 7.49. The summed E-state index contributed by atoms with van der Waals surface area (Å²) in [6.45, 7) is 0.194. The van der Waals surface area contributed by atoms with Gasteiger partial charge in [-0.3, -0.25) is 4.18 Å². The fourth-order valence-corrected chi connectivity index (χ4v) is 4.27. The van der Waals surface area contributed by atoms with Crippen LogP contribution in [0, 0.1) is 0 Å². The molecule has 0 fully saturated rings. The maximum absolute atomic E-state index is 12.4. The first-order chi connectivity index (χ1) is 15.5. The first-order valence-electron chi connectivity index (χ1n) is 10.2. The number of carbonyl (C=O) groups is 1. The van der Waals surface area contributed by atoms with Crippen molar-refractivity contribution < 1.29 is 39.9 Å². The predicted molar refractivity (Wildman–Crippen MR) is 114 cm³/mol. The van der Waals surface area contributed by atoms with Crippen molar-refractivity contribution in [3.63, 3.8) is 0 Å². The first-order valence-corrected chi connectivity index (χ1v) is 11.8. The normalized spacial score (nSPS) is 12.2. The van der Waals surface area contributed by atoms with Crippen LogP contribution in [0.5, 0.6) is 6.01 Å². The molecule has 33 heavy (non-hydrogen) atoms. The maximum atomic E-state index is 12.4. The van der Waals surface area contributed by atoms with Gasteiger partial charge in [0.2, 0.25) is 0 Å². The van der Waals surface area contributed by atoms with Gasteiger partial charge in [0.1, 0.15) is 12.4 Å². The van der Waals surface area contributed by atoms with Gasteiger partial charge < -0.3 is 4.74 Å². The van der Waals surface area contributed by atoms with Gasteiger partial charge in [-0.15, -0.1) is 0 Å². The van der Waals surface area contributed by atoms with Crippen molar-refractivity contribution in [1.29, 1.82) is 0 Å². The fourth-order valence-electron chi connectivity index (χ4n) is 3.25. The molecule has 2 aromatic carbocycles. The Kier molecular flexibility index (Phi) is 7.75. The van der Waals surface area contributed by atoms with Crippen molar-refractivity contribution in [3.8, 4) is 6.01 Å². The monoisotopic (exact) mass is 485 g/mol. The fraction of sp³-hybridized carbons (Fsp3) is 0.364. The molecule has 0 bridgehead atoms. The number of unbranched alkanes of at least 4 members (excludes halogenated alkanes) is 1. The highest BCUT2D eigenvalue weighted by Crippen LogP contribution is 2.18. The lowest BCUT2D eigenvalue weighted by Gasteiger charge is -2.07. The number of hydrogen-bond donors (Lipinski definition) is 0. The zero-order valence-electron chi connectivity index (χ0n) is 17.9. The first kappa shape index (κ1) is 24.7. The Labute approximate surface area is 189 Å². The predicted octanol–water partition coefficient (Wildman–Crippen LogP) is 3.30. The number of nitrogens with zero attached hydrogens (tertiary/aromatic N) is 2. The van der Waals surface area contributed by atoms with E-state index in [4.69, 9.17) is 4.18 Å². The third-order valence-electron chi connectivity index (χ3n) is 4.94. The zero-order valence-corrected chi connectivity index (χ0v) is 18.7. The number of esters is 1. The minimum Gasteiger partial charge on any atom is -0.350 e. The van der Waals surface area contributed by atoms with Crippen molar-refractivity contribution >= 4 is 26.9 Å². The molecule has 7 nitrogen and oxygen atoms in total. The number of aromatic nitrogens is 2. The lowest BCUT2D eigenvalue weighted by atomic mass is 10.1. The summed E-state index contributed by atoms with van der Waals surface area (Å²) in [5.74, 6) is -2.55. The van der Waals surface area contributed by atoms with Crippen molar-refractivity contribution in [2.45, 2.75) is 32.0 Å². The van der Waals surface area contributed by atoms with Crippen LogP contribution in [-0.2, 0) is 39.1 Å². The molecule has 178 valence electrons. The highest BCUT2D eigenvalue weighted by atomic mass is 32.2. The standard InChI is InChI=1S/C22H24F3N2O5S/c1-26-12-13-27(21(26)32-20(28)22(23,24)25)11-4-5-15-33(29,30)31-14-10-17-8-9-18-6-2-3-7-19(18)16-17/h2-3,6-9,12-13,16H,4-5,10-11,14-15H2,1H3/q+1. The van der Waals surface area contributed by atoms with Crippen molar-refractivity contribution in [2.75, 3.05) is 12.4 Å². The lowest BCUT2D eigenvalue weighted by Crippen LogP contribution is -2.38. The van der Waals surface area contributed by atoms with Crippen molar-refractivity contribution in [1.82, 2.24) is 4.57 Å². The summed E-state index contributed by atoms with van der Waals surface area (Å²) >= 11 is 0. The molecule has 0 N–H and O–H groups in total. The van der Waals surface area contributed by atoms with Gasteiger partial charge in [0.05, 0.1) is 26.0 Å². The molecular formula is C22H24F3N2O5S+. The Morgan fingerprint density at radius 2 is 1.82 bits per heavy atom. The molecule has 0 saturated carbocycles. The van der Waals surface area contributed by atoms with E-state index in [2.05, 4.69) is 4.74 Å². The number of hydrogen-bond acceptors (Lipinski definition) is 5. The van der Waals surface area contributed by atoms with Gasteiger partial charge in [0, 0.05) is 0 Å². The second kappa shape index (κ2) is 10.3. The van der Waals surface area contributed by atoms with Crippen LogP contribution >= 0.6 is 0 Å². The molecule has 0 amide bonds. The smallest absolute Gasteiger partial charge is 0.350 e. The lowest BCUT2D eigenvalue weighted by molar-refractivity contribution is -0.700. The molecule has 0 atom stereocenters. The molecule has 0 saturated heterocycles. The minimum atomic E-state index is -5.11. The van der Waals surface area contributed by atoms with Crippen LogP contribution in [0.1, 0.15) is 18.4 Å². The van der Waals surface area contributed by atoms with Crippen LogP contribution in [0.2, 0.25) is 0 Å². The summed E-state index contributed by atoms with van der Waals surface area (Å²) in [5.41, 5.74) is 0.963. The maximum Gasteiger partial charge on any atom is 0.491 e. The van der Waals surface area contributed by atoms with Gasteiger partial charge in [0.25, 0.3) is 10.1 Å². The number of fused-ring (bicyclic) bond motifs is 1. The van der Waals surface area contributed by atoms with Gasteiger partial charge >= 0.3 is 18.2 Å². The van der Waals surface area contributed by atoms with E-state index in [1.165, 1.54) is 28.6 Å². The van der Waals surface area contributed by atoms with Crippen molar-refractivity contribution in [3.05, 3.63) is 60.4 Å². The van der Waals surface area contributed by atoms with Crippen LogP contribution in [0.15, 0.2) is 54.9 Å². The van der Waals surface area contributed by atoms with Gasteiger partial charge in [-0.25, -0.2) is 4.79 Å². The third kappa shape index (κ3) is 7.03. The highest BCUT2D eigenvalue weighted by molar-refractivity contribution is 7.86. The van der Waals surface area contributed by atoms with E-state index >= 15 is 0 Å². The van der Waals surface area contributed by atoms with Gasteiger partial charge in [-0.05, 0) is 35.6 Å². The van der Waals surface area contributed by atoms with Gasteiger partial charge in [0.15, 0.2) is 0 Å². The summed E-state index contributed by atoms with van der Waals surface area (Å²) < 4.78 is 73.7. The number of imidazole rings is 1. The van der Waals surface area contributed by atoms with E-state index in [0.717, 1.165) is 16.3 Å². The molecule has 0 unspecified atom stereocenters. The largest absolute Gasteiger partial charge is 0.491 e. The minimum absolute atomic E-state index is 0.0195. The van der Waals surface area contributed by atoms with Crippen molar-refractivity contribution in [2.24, 2.45) is 7.05 Å². The molecule has 3 rings (SSSR count). The third-order valence-corrected chi connectivity index (χ3v) is 6.26. The Morgan fingerprint density at radius 1 is 1.09 bits per heavy atom. The van der Waals surface area contributed by atoms with E-state index in [9.17, 15) is 26.4 Å². The number of aryl methyl sites for hydroxylation is 2. The molecule has 0 spiro atoms. The van der Waals surface area contributed by atoms with Crippen LogP contribution in [0.4, 0.5) is 13.2 Å². The number of benzene rings is 2. The molecule has 0 aliphatic carbocycles. The Bertz CT molecular complexity index is 1220. The number of carbonyl (C=O) groups excluding carboxylic acids is 1. The summed E-state index contributed by atoms with van der Waals surface area (Å²) in [6, 6.07) is 13.5. The van der Waals surface area contributed by atoms with Crippen LogP contribution in [0.3, 0.4) is 0 Å². The van der Waals surface area contributed by atoms with Gasteiger partial charge in [-0.2, -0.15) is 30.7 Å². The van der Waals surface area contributed by atoms with E-state index < -0.39 is 22.3 Å². The molecule has 1 aromatic heterocycles. The molecule has 1 heterocycles. The Hall–Kier alpha value is -2.92. The van der Waals surface area contributed by atoms with E-state index in [-0.39, 0.29) is 31.3 Å². The summed E-state index contributed by atoms with van der Waals surface area (Å²) in [7, 11) is -2.31. The summed E-state index contributed by atoms with van der Waals surface area (Å²) in [4.78, 5) is 11.1. The zero-order chi connectivity index (χ0) is 24.1. The van der Waals surface area contributed by atoms with E-state index in [1.807, 2.05) is 42.5 Å². The highest BCUT2D eigenvalue weighted by Gasteiger charge is 2.43. The molecule has 11 heteroatoms. The van der Waals surface area contributed by atoms with Crippen LogP contribution < -0.4 is 9.30 Å². The number of halogens is 3. The topological polar surface area (TPSA) is 78.5 Å². The second-order valence-corrected chi connectivity index (χ2v) is 9.25. The van der Waals surface area contributed by atoms with Gasteiger partial charge in [-0.1, -0.05) is 42.5 Å². The number of rotatable bonds is 10. The SMILES string of the molecule is Cn1cc[n+](CCCCS(=O)(=O)OCCc2ccc3ccccc3c2)c1OC(=O)C(F)(F)F. The average Bonchev–Trinajstić information content (AvgIpc) is 3.09. The Morgan fingerprint density at radius 3 is 2.55 bits per heavy atom. The van der Waals surface area contributed by atoms with E-state index in [0.29, 0.717) is 12.8 Å². The molecule has 0 aliphatic rings. The number of alkyl halides is 3. The molecule has 3 aromatic rings. The average molecular weight is 486 g/mol. The quantitative estimate of drug-likeness (QED) is 0.191. The Balaban J connectivity index is 1.44. The molecule has 0 aliphatic heterocycles. The number of ether oxygens (including phenoxy) is 1. The molecular weight excluding hydrogens is 461 g/mol. The molecule has 0 radical (unpaired) electrons. The van der Waals surface area contributed by atoms with Crippen LogP contribution in [0.25, 0.3) is 10.8 Å². The summed E-state index contributed by atoms with van der Waals surface area (Å²) in [6.07, 6.45) is -1.22. The van der Waals surface area contributed by atoms with Crippen LogP contribution in [-0.4, -0.2) is 37.5 Å². The summed E-state index contributed by atoms with van der Waals surface area (Å²) in [5, 5.41) is 2.17.